The predicted molar refractivity (Wildman–Crippen MR) is 117 cm³/mol. The fraction of sp³-hybridized carbons (Fsp3) is 0.240. The SMILES string of the molecule is CNC(c1ccccc1)c1cc(-c2cnc3[nH]cc(C)c3c2)cc2c1COCC2. The molecule has 1 aliphatic rings. The van der Waals surface area contributed by atoms with E-state index in [0.29, 0.717) is 6.61 Å². The van der Waals surface area contributed by atoms with Crippen LogP contribution in [0.4, 0.5) is 0 Å². The van der Waals surface area contributed by atoms with Gasteiger partial charge in [-0.1, -0.05) is 36.4 Å². The Morgan fingerprint density at radius 1 is 1.10 bits per heavy atom. The second-order valence-electron chi connectivity index (χ2n) is 7.73. The highest BCUT2D eigenvalue weighted by atomic mass is 16.5. The van der Waals surface area contributed by atoms with E-state index in [0.717, 1.165) is 24.2 Å². The number of fused-ring (bicyclic) bond motifs is 2. The molecular formula is C25H25N3O. The Hall–Kier alpha value is -2.95. The Labute approximate surface area is 171 Å². The highest BCUT2D eigenvalue weighted by Gasteiger charge is 2.22. The van der Waals surface area contributed by atoms with E-state index in [2.05, 4.69) is 70.7 Å². The maximum absolute atomic E-state index is 5.83. The first-order valence-corrected chi connectivity index (χ1v) is 10.1. The molecule has 0 spiro atoms. The second kappa shape index (κ2) is 7.47. The van der Waals surface area contributed by atoms with Crippen LogP contribution < -0.4 is 5.32 Å². The van der Waals surface area contributed by atoms with Gasteiger partial charge in [0.2, 0.25) is 0 Å². The molecule has 4 heteroatoms. The molecule has 4 nitrogen and oxygen atoms in total. The molecule has 2 aromatic carbocycles. The minimum absolute atomic E-state index is 0.122. The van der Waals surface area contributed by atoms with Crippen molar-refractivity contribution >= 4 is 11.0 Å². The van der Waals surface area contributed by atoms with Crippen molar-refractivity contribution in [2.24, 2.45) is 0 Å². The van der Waals surface area contributed by atoms with Crippen LogP contribution in [-0.2, 0) is 17.8 Å². The van der Waals surface area contributed by atoms with E-state index >= 15 is 0 Å². The standard InChI is InChI=1S/C25H25N3O/c1-16-13-27-25-21(16)12-20(14-28-25)19-10-18-8-9-29-15-23(18)22(11-19)24(26-2)17-6-4-3-5-7-17/h3-7,10-14,24,26H,8-9,15H2,1-2H3,(H,27,28). The summed E-state index contributed by atoms with van der Waals surface area (Å²) >= 11 is 0. The number of nitrogens with zero attached hydrogens (tertiary/aromatic N) is 1. The number of H-pyrrole nitrogens is 1. The average molecular weight is 383 g/mol. The summed E-state index contributed by atoms with van der Waals surface area (Å²) < 4.78 is 5.83. The van der Waals surface area contributed by atoms with Gasteiger partial charge < -0.3 is 15.0 Å². The Kier molecular flexibility index (Phi) is 4.66. The molecule has 1 unspecified atom stereocenters. The Bertz CT molecular complexity index is 1160. The van der Waals surface area contributed by atoms with Crippen molar-refractivity contribution in [3.63, 3.8) is 0 Å². The van der Waals surface area contributed by atoms with Crippen LogP contribution in [0.5, 0.6) is 0 Å². The smallest absolute Gasteiger partial charge is 0.137 e. The van der Waals surface area contributed by atoms with Crippen molar-refractivity contribution in [1.82, 2.24) is 15.3 Å². The lowest BCUT2D eigenvalue weighted by atomic mass is 9.87. The average Bonchev–Trinajstić information content (AvgIpc) is 3.15. The maximum Gasteiger partial charge on any atom is 0.137 e. The van der Waals surface area contributed by atoms with E-state index in [-0.39, 0.29) is 6.04 Å². The van der Waals surface area contributed by atoms with Crippen LogP contribution in [0, 0.1) is 6.92 Å². The zero-order valence-electron chi connectivity index (χ0n) is 16.8. The Morgan fingerprint density at radius 2 is 1.97 bits per heavy atom. The van der Waals surface area contributed by atoms with Crippen LogP contribution in [0.2, 0.25) is 0 Å². The van der Waals surface area contributed by atoms with Gasteiger partial charge in [0.05, 0.1) is 19.3 Å². The van der Waals surface area contributed by atoms with Gasteiger partial charge in [-0.3, -0.25) is 0 Å². The molecule has 0 bridgehead atoms. The lowest BCUT2D eigenvalue weighted by Gasteiger charge is -2.26. The first-order valence-electron chi connectivity index (χ1n) is 10.1. The summed E-state index contributed by atoms with van der Waals surface area (Å²) in [4.78, 5) is 7.89. The molecule has 0 saturated carbocycles. The van der Waals surface area contributed by atoms with E-state index in [1.807, 2.05) is 19.4 Å². The maximum atomic E-state index is 5.83. The van der Waals surface area contributed by atoms with E-state index in [9.17, 15) is 0 Å². The first kappa shape index (κ1) is 18.1. The summed E-state index contributed by atoms with van der Waals surface area (Å²) in [6.07, 6.45) is 4.93. The summed E-state index contributed by atoms with van der Waals surface area (Å²) in [5.41, 5.74) is 9.77. The minimum Gasteiger partial charge on any atom is -0.376 e. The van der Waals surface area contributed by atoms with E-state index < -0.39 is 0 Å². The minimum atomic E-state index is 0.122. The number of pyridine rings is 1. The van der Waals surface area contributed by atoms with Crippen LogP contribution in [0.25, 0.3) is 22.2 Å². The lowest BCUT2D eigenvalue weighted by molar-refractivity contribution is 0.110. The van der Waals surface area contributed by atoms with Gasteiger partial charge in [0.1, 0.15) is 5.65 Å². The van der Waals surface area contributed by atoms with Gasteiger partial charge in [0.15, 0.2) is 0 Å². The number of aromatic amines is 1. The molecule has 146 valence electrons. The first-order chi connectivity index (χ1) is 14.2. The quantitative estimate of drug-likeness (QED) is 0.526. The number of nitrogens with one attached hydrogen (secondary N) is 2. The third-order valence-electron chi connectivity index (χ3n) is 5.94. The van der Waals surface area contributed by atoms with Crippen LogP contribution in [0.3, 0.4) is 0 Å². The molecule has 0 radical (unpaired) electrons. The molecular weight excluding hydrogens is 358 g/mol. The monoisotopic (exact) mass is 383 g/mol. The van der Waals surface area contributed by atoms with E-state index in [1.165, 1.54) is 38.8 Å². The van der Waals surface area contributed by atoms with Crippen LogP contribution in [0.15, 0.2) is 60.9 Å². The van der Waals surface area contributed by atoms with Gasteiger partial charge in [0, 0.05) is 23.3 Å². The highest BCUT2D eigenvalue weighted by Crippen LogP contribution is 2.35. The summed E-state index contributed by atoms with van der Waals surface area (Å²) in [6, 6.07) is 17.6. The molecule has 0 saturated heterocycles. The van der Waals surface area contributed by atoms with Crippen LogP contribution in [0.1, 0.15) is 33.9 Å². The highest BCUT2D eigenvalue weighted by molar-refractivity contribution is 5.84. The topological polar surface area (TPSA) is 49.9 Å². The summed E-state index contributed by atoms with van der Waals surface area (Å²) in [5.74, 6) is 0. The van der Waals surface area contributed by atoms with Crippen LogP contribution >= 0.6 is 0 Å². The number of aromatic nitrogens is 2. The van der Waals surface area contributed by atoms with Crippen molar-refractivity contribution in [3.8, 4) is 11.1 Å². The number of aryl methyl sites for hydroxylation is 1. The van der Waals surface area contributed by atoms with Crippen molar-refractivity contribution in [3.05, 3.63) is 88.7 Å². The zero-order chi connectivity index (χ0) is 19.8. The fourth-order valence-corrected chi connectivity index (χ4v) is 4.38. The molecule has 29 heavy (non-hydrogen) atoms. The molecule has 2 N–H and O–H groups in total. The lowest BCUT2D eigenvalue weighted by Crippen LogP contribution is -2.22. The van der Waals surface area contributed by atoms with Gasteiger partial charge in [-0.25, -0.2) is 4.98 Å². The van der Waals surface area contributed by atoms with Crippen molar-refractivity contribution in [2.75, 3.05) is 13.7 Å². The van der Waals surface area contributed by atoms with Gasteiger partial charge in [-0.15, -0.1) is 0 Å². The number of ether oxygens (including phenoxy) is 1. The Balaban J connectivity index is 1.69. The molecule has 1 atom stereocenters. The largest absolute Gasteiger partial charge is 0.376 e. The van der Waals surface area contributed by atoms with E-state index in [1.54, 1.807) is 0 Å². The predicted octanol–water partition coefficient (Wildman–Crippen LogP) is 4.92. The van der Waals surface area contributed by atoms with E-state index in [4.69, 9.17) is 4.74 Å². The number of benzene rings is 2. The van der Waals surface area contributed by atoms with Crippen molar-refractivity contribution in [2.45, 2.75) is 26.0 Å². The molecule has 0 fully saturated rings. The second-order valence-corrected chi connectivity index (χ2v) is 7.73. The summed E-state index contributed by atoms with van der Waals surface area (Å²) in [6.45, 7) is 3.57. The molecule has 5 rings (SSSR count). The summed E-state index contributed by atoms with van der Waals surface area (Å²) in [7, 11) is 2.02. The number of rotatable bonds is 4. The van der Waals surface area contributed by atoms with Crippen molar-refractivity contribution < 1.29 is 4.74 Å². The van der Waals surface area contributed by atoms with Gasteiger partial charge in [-0.05, 0) is 65.9 Å². The molecule has 0 amide bonds. The van der Waals surface area contributed by atoms with Crippen LogP contribution in [-0.4, -0.2) is 23.6 Å². The van der Waals surface area contributed by atoms with Gasteiger partial charge in [0.25, 0.3) is 0 Å². The zero-order valence-corrected chi connectivity index (χ0v) is 16.8. The third-order valence-corrected chi connectivity index (χ3v) is 5.94. The molecule has 1 aliphatic heterocycles. The fourth-order valence-electron chi connectivity index (χ4n) is 4.38. The number of hydrogen-bond acceptors (Lipinski definition) is 3. The molecule has 2 aromatic heterocycles. The molecule has 3 heterocycles. The summed E-state index contributed by atoms with van der Waals surface area (Å²) in [5, 5.41) is 4.70. The van der Waals surface area contributed by atoms with Gasteiger partial charge in [-0.2, -0.15) is 0 Å². The Morgan fingerprint density at radius 3 is 2.79 bits per heavy atom. The normalized spacial score (nSPS) is 14.7. The van der Waals surface area contributed by atoms with Crippen molar-refractivity contribution in [1.29, 1.82) is 0 Å². The molecule has 4 aromatic rings. The van der Waals surface area contributed by atoms with Gasteiger partial charge >= 0.3 is 0 Å². The molecule has 0 aliphatic carbocycles. The third kappa shape index (κ3) is 3.24. The number of hydrogen-bond donors (Lipinski definition) is 2.